The second-order valence-electron chi connectivity index (χ2n) is 4.78. The van der Waals surface area contributed by atoms with Crippen molar-refractivity contribution in [3.8, 4) is 0 Å². The lowest BCUT2D eigenvalue weighted by Gasteiger charge is -2.30. The first-order chi connectivity index (χ1) is 5.96. The lowest BCUT2D eigenvalue weighted by atomic mass is 10.0. The molecule has 78 valence electrons. The van der Waals surface area contributed by atoms with Crippen molar-refractivity contribution in [2.45, 2.75) is 44.8 Å². The fraction of sp³-hybridized carbons (Fsp3) is 1.00. The molecule has 13 heavy (non-hydrogen) atoms. The zero-order chi connectivity index (χ0) is 10.1. The quantitative estimate of drug-likeness (QED) is 0.720. The summed E-state index contributed by atoms with van der Waals surface area (Å²) in [5.74, 6) is 0. The highest BCUT2D eigenvalue weighted by Crippen LogP contribution is 2.18. The predicted molar refractivity (Wildman–Crippen MR) is 53.7 cm³/mol. The van der Waals surface area contributed by atoms with Crippen molar-refractivity contribution in [3.63, 3.8) is 0 Å². The first-order valence-electron chi connectivity index (χ1n) is 5.00. The molecule has 0 bridgehead atoms. The van der Waals surface area contributed by atoms with Crippen LogP contribution in [0.1, 0.15) is 27.2 Å². The van der Waals surface area contributed by atoms with Gasteiger partial charge in [-0.15, -0.1) is 0 Å². The van der Waals surface area contributed by atoms with Gasteiger partial charge in [0.25, 0.3) is 0 Å². The fourth-order valence-electron chi connectivity index (χ4n) is 1.83. The molecule has 1 aliphatic heterocycles. The van der Waals surface area contributed by atoms with Gasteiger partial charge >= 0.3 is 0 Å². The average molecular weight is 188 g/mol. The minimum absolute atomic E-state index is 0.306. The number of hydrogen-bond donors (Lipinski definition) is 1. The smallest absolute Gasteiger partial charge is 0.107 e. The molecule has 2 nitrogen and oxygen atoms in total. The minimum Gasteiger partial charge on any atom is -0.305 e. The van der Waals surface area contributed by atoms with E-state index in [1.54, 1.807) is 0 Å². The lowest BCUT2D eigenvalue weighted by Crippen LogP contribution is -2.51. The Labute approximate surface area is 80.5 Å². The number of likely N-dealkylation sites (tertiary alicyclic amines) is 1. The van der Waals surface area contributed by atoms with Gasteiger partial charge in [-0.05, 0) is 40.8 Å². The molecule has 2 unspecified atom stereocenters. The van der Waals surface area contributed by atoms with Crippen LogP contribution in [-0.2, 0) is 0 Å². The van der Waals surface area contributed by atoms with Crippen molar-refractivity contribution in [1.82, 2.24) is 10.2 Å². The Hall–Kier alpha value is -0.150. The molecule has 1 N–H and O–H groups in total. The molecule has 0 aromatic heterocycles. The molecular formula is C10H21FN2. The molecule has 0 amide bonds. The van der Waals surface area contributed by atoms with Crippen LogP contribution in [-0.4, -0.2) is 42.8 Å². The van der Waals surface area contributed by atoms with Crippen LogP contribution in [0.25, 0.3) is 0 Å². The SMILES string of the molecule is CC1C(NC(C)(C)CF)CCN1C. The third-order valence-electron chi connectivity index (χ3n) is 2.98. The molecule has 1 rings (SSSR count). The highest BCUT2D eigenvalue weighted by Gasteiger charge is 2.31. The molecule has 0 aliphatic carbocycles. The van der Waals surface area contributed by atoms with Gasteiger partial charge in [0, 0.05) is 17.6 Å². The van der Waals surface area contributed by atoms with E-state index in [0.717, 1.165) is 13.0 Å². The lowest BCUT2D eigenvalue weighted by molar-refractivity contribution is 0.229. The summed E-state index contributed by atoms with van der Waals surface area (Å²) >= 11 is 0. The Morgan fingerprint density at radius 3 is 2.54 bits per heavy atom. The van der Waals surface area contributed by atoms with E-state index in [4.69, 9.17) is 0 Å². The van der Waals surface area contributed by atoms with Crippen LogP contribution < -0.4 is 5.32 Å². The Kier molecular flexibility index (Phi) is 3.30. The first-order valence-corrected chi connectivity index (χ1v) is 5.00. The Morgan fingerprint density at radius 2 is 2.15 bits per heavy atom. The van der Waals surface area contributed by atoms with Crippen molar-refractivity contribution in [2.24, 2.45) is 0 Å². The topological polar surface area (TPSA) is 15.3 Å². The van der Waals surface area contributed by atoms with Crippen molar-refractivity contribution in [3.05, 3.63) is 0 Å². The molecule has 3 heteroatoms. The van der Waals surface area contributed by atoms with Crippen molar-refractivity contribution >= 4 is 0 Å². The number of alkyl halides is 1. The highest BCUT2D eigenvalue weighted by atomic mass is 19.1. The largest absolute Gasteiger partial charge is 0.305 e. The average Bonchev–Trinajstić information content (AvgIpc) is 2.36. The molecule has 0 aromatic carbocycles. The van der Waals surface area contributed by atoms with Gasteiger partial charge in [0.1, 0.15) is 6.67 Å². The van der Waals surface area contributed by atoms with Crippen LogP contribution in [0.2, 0.25) is 0 Å². The van der Waals surface area contributed by atoms with Gasteiger partial charge in [-0.1, -0.05) is 0 Å². The van der Waals surface area contributed by atoms with Gasteiger partial charge in [0.15, 0.2) is 0 Å². The summed E-state index contributed by atoms with van der Waals surface area (Å²) < 4.78 is 12.6. The number of nitrogens with zero attached hydrogens (tertiary/aromatic N) is 1. The second kappa shape index (κ2) is 3.93. The van der Waals surface area contributed by atoms with E-state index >= 15 is 0 Å². The van der Waals surface area contributed by atoms with E-state index < -0.39 is 0 Å². The van der Waals surface area contributed by atoms with Crippen molar-refractivity contribution < 1.29 is 4.39 Å². The number of halogens is 1. The minimum atomic E-state index is -0.371. The molecule has 1 heterocycles. The van der Waals surface area contributed by atoms with E-state index in [-0.39, 0.29) is 12.2 Å². The van der Waals surface area contributed by atoms with E-state index in [2.05, 4.69) is 24.2 Å². The van der Waals surface area contributed by atoms with Gasteiger partial charge in [0.05, 0.1) is 0 Å². The summed E-state index contributed by atoms with van der Waals surface area (Å²) in [6, 6.07) is 0.960. The van der Waals surface area contributed by atoms with E-state index in [1.807, 2.05) is 13.8 Å². The van der Waals surface area contributed by atoms with Crippen LogP contribution >= 0.6 is 0 Å². The third kappa shape index (κ3) is 2.64. The van der Waals surface area contributed by atoms with Crippen LogP contribution in [0, 0.1) is 0 Å². The highest BCUT2D eigenvalue weighted by molar-refractivity contribution is 4.92. The standard InChI is InChI=1S/C10H21FN2/c1-8-9(5-6-13(8)4)12-10(2,3)7-11/h8-9,12H,5-7H2,1-4H3. The maximum Gasteiger partial charge on any atom is 0.107 e. The monoisotopic (exact) mass is 188 g/mol. The van der Waals surface area contributed by atoms with Gasteiger partial charge in [0.2, 0.25) is 0 Å². The van der Waals surface area contributed by atoms with Crippen LogP contribution in [0.4, 0.5) is 4.39 Å². The summed E-state index contributed by atoms with van der Waals surface area (Å²) in [7, 11) is 2.12. The number of hydrogen-bond acceptors (Lipinski definition) is 2. The Bertz CT molecular complexity index is 170. The van der Waals surface area contributed by atoms with Gasteiger partial charge in [-0.2, -0.15) is 0 Å². The summed E-state index contributed by atoms with van der Waals surface area (Å²) in [5, 5.41) is 3.37. The van der Waals surface area contributed by atoms with E-state index in [9.17, 15) is 4.39 Å². The normalized spacial score (nSPS) is 31.2. The third-order valence-corrected chi connectivity index (χ3v) is 2.98. The van der Waals surface area contributed by atoms with Crippen LogP contribution in [0.5, 0.6) is 0 Å². The summed E-state index contributed by atoms with van der Waals surface area (Å²) in [5.41, 5.74) is -0.371. The molecule has 1 saturated heterocycles. The number of likely N-dealkylation sites (N-methyl/N-ethyl adjacent to an activating group) is 1. The number of nitrogens with one attached hydrogen (secondary N) is 1. The molecule has 2 atom stereocenters. The van der Waals surface area contributed by atoms with Crippen LogP contribution in [0.3, 0.4) is 0 Å². The molecular weight excluding hydrogens is 167 g/mol. The summed E-state index contributed by atoms with van der Waals surface area (Å²) in [6.07, 6.45) is 1.13. The van der Waals surface area contributed by atoms with Crippen molar-refractivity contribution in [2.75, 3.05) is 20.3 Å². The van der Waals surface area contributed by atoms with E-state index in [0.29, 0.717) is 12.1 Å². The molecule has 0 saturated carbocycles. The zero-order valence-electron chi connectivity index (χ0n) is 9.10. The fourth-order valence-corrected chi connectivity index (χ4v) is 1.83. The molecule has 1 aliphatic rings. The van der Waals surface area contributed by atoms with Crippen molar-refractivity contribution in [1.29, 1.82) is 0 Å². The second-order valence-corrected chi connectivity index (χ2v) is 4.78. The molecule has 1 fully saturated rings. The maximum atomic E-state index is 12.6. The predicted octanol–water partition coefficient (Wildman–Crippen LogP) is 1.42. The number of rotatable bonds is 3. The Morgan fingerprint density at radius 1 is 1.54 bits per heavy atom. The van der Waals surface area contributed by atoms with Gasteiger partial charge in [-0.25, -0.2) is 4.39 Å². The van der Waals surface area contributed by atoms with Gasteiger partial charge < -0.3 is 10.2 Å². The van der Waals surface area contributed by atoms with E-state index in [1.165, 1.54) is 0 Å². The summed E-state index contributed by atoms with van der Waals surface area (Å²) in [6.45, 7) is 6.83. The zero-order valence-corrected chi connectivity index (χ0v) is 9.10. The molecule has 0 aromatic rings. The maximum absolute atomic E-state index is 12.6. The Balaban J connectivity index is 2.46. The summed E-state index contributed by atoms with van der Waals surface area (Å²) in [4.78, 5) is 2.31. The van der Waals surface area contributed by atoms with Crippen LogP contribution in [0.15, 0.2) is 0 Å². The first kappa shape index (κ1) is 10.9. The van der Waals surface area contributed by atoms with Gasteiger partial charge in [-0.3, -0.25) is 0 Å². The molecule has 0 spiro atoms. The molecule has 0 radical (unpaired) electrons.